The number of carbonyl (C=O) groups excluding carboxylic acids is 1. The fourth-order valence-electron chi connectivity index (χ4n) is 2.30. The third kappa shape index (κ3) is 2.72. The SMILES string of the molecule is O=C(O)Cc1ccc(NC2OC(=O)c3ccccc32)cc1. The minimum absolute atomic E-state index is 0.0124. The van der Waals surface area contributed by atoms with Gasteiger partial charge in [-0.2, -0.15) is 0 Å². The number of esters is 1. The summed E-state index contributed by atoms with van der Waals surface area (Å²) in [4.78, 5) is 22.3. The maximum atomic E-state index is 11.7. The van der Waals surface area contributed by atoms with E-state index in [1.54, 1.807) is 36.4 Å². The molecule has 5 nitrogen and oxygen atoms in total. The highest BCUT2D eigenvalue weighted by atomic mass is 16.6. The van der Waals surface area contributed by atoms with E-state index in [2.05, 4.69) is 5.32 Å². The van der Waals surface area contributed by atoms with Crippen LogP contribution in [0.2, 0.25) is 0 Å². The average Bonchev–Trinajstić information content (AvgIpc) is 2.78. The third-order valence-electron chi connectivity index (χ3n) is 3.30. The first-order chi connectivity index (χ1) is 10.1. The van der Waals surface area contributed by atoms with Gasteiger partial charge in [-0.15, -0.1) is 0 Å². The number of carboxylic acids is 1. The first kappa shape index (κ1) is 13.2. The molecule has 1 aliphatic heterocycles. The monoisotopic (exact) mass is 283 g/mol. The molecule has 0 spiro atoms. The molecular weight excluding hydrogens is 270 g/mol. The van der Waals surface area contributed by atoms with Gasteiger partial charge in [0.25, 0.3) is 0 Å². The maximum Gasteiger partial charge on any atom is 0.340 e. The Balaban J connectivity index is 1.76. The van der Waals surface area contributed by atoms with Crippen molar-refractivity contribution in [3.05, 3.63) is 65.2 Å². The molecule has 0 radical (unpaired) electrons. The lowest BCUT2D eigenvalue weighted by Gasteiger charge is -2.14. The van der Waals surface area contributed by atoms with Gasteiger partial charge in [0.05, 0.1) is 12.0 Å². The number of fused-ring (bicyclic) bond motifs is 1. The molecule has 1 unspecified atom stereocenters. The number of nitrogens with one attached hydrogen (secondary N) is 1. The molecule has 0 bridgehead atoms. The Bertz CT molecular complexity index is 694. The van der Waals surface area contributed by atoms with Crippen LogP contribution in [0.5, 0.6) is 0 Å². The fourth-order valence-corrected chi connectivity index (χ4v) is 2.30. The van der Waals surface area contributed by atoms with Gasteiger partial charge in [-0.3, -0.25) is 4.79 Å². The zero-order valence-electron chi connectivity index (χ0n) is 11.1. The van der Waals surface area contributed by atoms with Crippen molar-refractivity contribution in [3.63, 3.8) is 0 Å². The number of hydrogen-bond acceptors (Lipinski definition) is 4. The Morgan fingerprint density at radius 3 is 2.57 bits per heavy atom. The van der Waals surface area contributed by atoms with Gasteiger partial charge in [0.2, 0.25) is 6.23 Å². The summed E-state index contributed by atoms with van der Waals surface area (Å²) in [7, 11) is 0. The number of cyclic esters (lactones) is 1. The van der Waals surface area contributed by atoms with Crippen molar-refractivity contribution in [2.24, 2.45) is 0 Å². The van der Waals surface area contributed by atoms with Crippen molar-refractivity contribution in [2.45, 2.75) is 12.6 Å². The number of aliphatic carboxylic acids is 1. The van der Waals surface area contributed by atoms with E-state index in [1.807, 2.05) is 12.1 Å². The molecule has 0 aromatic heterocycles. The minimum atomic E-state index is -0.866. The molecular formula is C16H13NO4. The molecule has 0 saturated heterocycles. The van der Waals surface area contributed by atoms with Crippen molar-refractivity contribution >= 4 is 17.6 Å². The predicted molar refractivity (Wildman–Crippen MR) is 76.0 cm³/mol. The summed E-state index contributed by atoms with van der Waals surface area (Å²) in [5, 5.41) is 11.8. The molecule has 5 heteroatoms. The Morgan fingerprint density at radius 2 is 1.86 bits per heavy atom. The smallest absolute Gasteiger partial charge is 0.340 e. The Kier molecular flexibility index (Phi) is 3.31. The summed E-state index contributed by atoms with van der Waals surface area (Å²) in [5.41, 5.74) is 2.85. The van der Waals surface area contributed by atoms with Crippen molar-refractivity contribution in [1.82, 2.24) is 0 Å². The predicted octanol–water partition coefficient (Wildman–Crippen LogP) is 2.59. The lowest BCUT2D eigenvalue weighted by molar-refractivity contribution is -0.136. The summed E-state index contributed by atoms with van der Waals surface area (Å²) in [6.45, 7) is 0. The Hall–Kier alpha value is -2.82. The number of hydrogen-bond donors (Lipinski definition) is 2. The van der Waals surface area contributed by atoms with Crippen molar-refractivity contribution in [3.8, 4) is 0 Å². The summed E-state index contributed by atoms with van der Waals surface area (Å²) >= 11 is 0. The van der Waals surface area contributed by atoms with Crippen LogP contribution in [0, 0.1) is 0 Å². The molecule has 1 heterocycles. The third-order valence-corrected chi connectivity index (χ3v) is 3.30. The zero-order valence-corrected chi connectivity index (χ0v) is 11.1. The van der Waals surface area contributed by atoms with Crippen molar-refractivity contribution in [2.75, 3.05) is 5.32 Å². The van der Waals surface area contributed by atoms with E-state index in [9.17, 15) is 9.59 Å². The molecule has 2 aromatic rings. The average molecular weight is 283 g/mol. The zero-order chi connectivity index (χ0) is 14.8. The largest absolute Gasteiger partial charge is 0.481 e. The van der Waals surface area contributed by atoms with Gasteiger partial charge in [0, 0.05) is 11.3 Å². The second kappa shape index (κ2) is 5.28. The van der Waals surface area contributed by atoms with Crippen LogP contribution in [-0.2, 0) is 16.0 Å². The van der Waals surface area contributed by atoms with E-state index in [-0.39, 0.29) is 12.4 Å². The standard InChI is InChI=1S/C16H13NO4/c18-14(19)9-10-5-7-11(8-6-10)17-15-12-3-1-2-4-13(12)16(20)21-15/h1-8,15,17H,9H2,(H,18,19). The molecule has 2 aromatic carbocycles. The van der Waals surface area contributed by atoms with Crippen LogP contribution in [0.1, 0.15) is 27.7 Å². The minimum Gasteiger partial charge on any atom is -0.481 e. The molecule has 2 N–H and O–H groups in total. The van der Waals surface area contributed by atoms with Gasteiger partial charge >= 0.3 is 11.9 Å². The van der Waals surface area contributed by atoms with Gasteiger partial charge in [0.15, 0.2) is 0 Å². The molecule has 3 rings (SSSR count). The van der Waals surface area contributed by atoms with E-state index in [4.69, 9.17) is 9.84 Å². The van der Waals surface area contributed by atoms with Gasteiger partial charge in [0.1, 0.15) is 0 Å². The fraction of sp³-hybridized carbons (Fsp3) is 0.125. The van der Waals surface area contributed by atoms with E-state index < -0.39 is 12.2 Å². The molecule has 1 aliphatic rings. The molecule has 1 atom stereocenters. The highest BCUT2D eigenvalue weighted by molar-refractivity contribution is 5.94. The van der Waals surface area contributed by atoms with E-state index in [1.165, 1.54) is 0 Å². The van der Waals surface area contributed by atoms with Gasteiger partial charge in [-0.1, -0.05) is 30.3 Å². The summed E-state index contributed by atoms with van der Waals surface area (Å²) in [6, 6.07) is 14.2. The molecule has 0 fully saturated rings. The first-order valence-electron chi connectivity index (χ1n) is 6.50. The van der Waals surface area contributed by atoms with Crippen molar-refractivity contribution < 1.29 is 19.4 Å². The van der Waals surface area contributed by atoms with Crippen LogP contribution in [0.15, 0.2) is 48.5 Å². The number of carbonyl (C=O) groups is 2. The second-order valence-electron chi connectivity index (χ2n) is 4.78. The molecule has 0 saturated carbocycles. The highest BCUT2D eigenvalue weighted by Gasteiger charge is 2.30. The van der Waals surface area contributed by atoms with Crippen LogP contribution in [0.3, 0.4) is 0 Å². The van der Waals surface area contributed by atoms with Gasteiger partial charge in [-0.25, -0.2) is 4.79 Å². The molecule has 106 valence electrons. The van der Waals surface area contributed by atoms with E-state index in [0.717, 1.165) is 16.8 Å². The summed E-state index contributed by atoms with van der Waals surface area (Å²) in [5.74, 6) is -1.21. The second-order valence-corrected chi connectivity index (χ2v) is 4.78. The lowest BCUT2D eigenvalue weighted by Crippen LogP contribution is -2.10. The number of carboxylic acid groups (broad SMARTS) is 1. The summed E-state index contributed by atoms with van der Waals surface area (Å²) < 4.78 is 5.29. The van der Waals surface area contributed by atoms with Gasteiger partial charge < -0.3 is 15.2 Å². The van der Waals surface area contributed by atoms with Crippen LogP contribution in [0.4, 0.5) is 5.69 Å². The number of ether oxygens (including phenoxy) is 1. The van der Waals surface area contributed by atoms with Crippen LogP contribution >= 0.6 is 0 Å². The number of rotatable bonds is 4. The Labute approximate surface area is 121 Å². The quantitative estimate of drug-likeness (QED) is 0.843. The van der Waals surface area contributed by atoms with Crippen LogP contribution in [-0.4, -0.2) is 17.0 Å². The molecule has 0 amide bonds. The maximum absolute atomic E-state index is 11.7. The van der Waals surface area contributed by atoms with Crippen molar-refractivity contribution in [1.29, 1.82) is 0 Å². The molecule has 0 aliphatic carbocycles. The molecule has 21 heavy (non-hydrogen) atoms. The first-order valence-corrected chi connectivity index (χ1v) is 6.50. The number of benzene rings is 2. The highest BCUT2D eigenvalue weighted by Crippen LogP contribution is 2.31. The van der Waals surface area contributed by atoms with E-state index in [0.29, 0.717) is 5.56 Å². The summed E-state index contributed by atoms with van der Waals surface area (Å²) in [6.07, 6.45) is -0.527. The number of anilines is 1. The Morgan fingerprint density at radius 1 is 1.14 bits per heavy atom. The lowest BCUT2D eigenvalue weighted by atomic mass is 10.1. The van der Waals surface area contributed by atoms with Gasteiger partial charge in [-0.05, 0) is 23.8 Å². The topological polar surface area (TPSA) is 75.6 Å². The van der Waals surface area contributed by atoms with Crippen LogP contribution in [0.25, 0.3) is 0 Å². The normalized spacial score (nSPS) is 16.2. The van der Waals surface area contributed by atoms with E-state index >= 15 is 0 Å². The van der Waals surface area contributed by atoms with Crippen LogP contribution < -0.4 is 5.32 Å².